The Kier molecular flexibility index (Phi) is 6.91. The van der Waals surface area contributed by atoms with Crippen molar-refractivity contribution in [3.05, 3.63) is 58.1 Å². The molecule has 1 heterocycles. The monoisotopic (exact) mass is 458 g/mol. The fraction of sp³-hybridized carbons (Fsp3) is 0.286. The molecule has 3 rings (SSSR count). The predicted molar refractivity (Wildman–Crippen MR) is 119 cm³/mol. The summed E-state index contributed by atoms with van der Waals surface area (Å²) in [6, 6.07) is 14.0. The molecule has 1 N–H and O–H groups in total. The number of halogens is 1. The highest BCUT2D eigenvalue weighted by Crippen LogP contribution is 2.27. The molecule has 146 valence electrons. The minimum atomic E-state index is -0.0502. The Hall–Kier alpha value is -2.12. The van der Waals surface area contributed by atoms with Crippen LogP contribution < -0.4 is 5.32 Å². The minimum absolute atomic E-state index is 0.0502. The zero-order chi connectivity index (χ0) is 20.1. The fourth-order valence-electron chi connectivity index (χ4n) is 3.03. The van der Waals surface area contributed by atoms with Gasteiger partial charge in [0.15, 0.2) is 11.0 Å². The van der Waals surface area contributed by atoms with Crippen LogP contribution in [0.25, 0.3) is 11.4 Å². The van der Waals surface area contributed by atoms with E-state index in [1.807, 2.05) is 56.3 Å². The van der Waals surface area contributed by atoms with Gasteiger partial charge in [0, 0.05) is 22.3 Å². The summed E-state index contributed by atoms with van der Waals surface area (Å²) >= 11 is 4.90. The SMILES string of the molecule is CCCn1c(SCC(=O)Nc2c(C)cc(Br)cc2C)nnc1-c1ccccc1. The number of carbonyl (C=O) groups excluding carboxylic acids is 1. The Morgan fingerprint density at radius 2 is 1.82 bits per heavy atom. The number of anilines is 1. The van der Waals surface area contributed by atoms with Gasteiger partial charge >= 0.3 is 0 Å². The van der Waals surface area contributed by atoms with Crippen LogP contribution in [0.15, 0.2) is 52.1 Å². The molecule has 0 saturated carbocycles. The Morgan fingerprint density at radius 1 is 1.14 bits per heavy atom. The first-order valence-corrected chi connectivity index (χ1v) is 11.0. The second-order valence-electron chi connectivity index (χ2n) is 6.58. The van der Waals surface area contributed by atoms with E-state index >= 15 is 0 Å². The molecular formula is C21H23BrN4OS. The van der Waals surface area contributed by atoms with Gasteiger partial charge in [-0.25, -0.2) is 0 Å². The molecule has 0 bridgehead atoms. The second kappa shape index (κ2) is 9.39. The first kappa shape index (κ1) is 20.6. The van der Waals surface area contributed by atoms with Gasteiger partial charge in [-0.05, 0) is 43.5 Å². The van der Waals surface area contributed by atoms with Crippen LogP contribution in [0.1, 0.15) is 24.5 Å². The van der Waals surface area contributed by atoms with Gasteiger partial charge in [-0.3, -0.25) is 4.79 Å². The van der Waals surface area contributed by atoms with Gasteiger partial charge in [-0.15, -0.1) is 10.2 Å². The van der Waals surface area contributed by atoms with E-state index in [9.17, 15) is 4.79 Å². The Balaban J connectivity index is 1.72. The molecular weight excluding hydrogens is 436 g/mol. The minimum Gasteiger partial charge on any atom is -0.325 e. The van der Waals surface area contributed by atoms with Crippen molar-refractivity contribution in [3.63, 3.8) is 0 Å². The zero-order valence-electron chi connectivity index (χ0n) is 16.2. The van der Waals surface area contributed by atoms with Crippen LogP contribution in [0, 0.1) is 13.8 Å². The smallest absolute Gasteiger partial charge is 0.234 e. The maximum atomic E-state index is 12.5. The number of thioether (sulfide) groups is 1. The van der Waals surface area contributed by atoms with Crippen molar-refractivity contribution < 1.29 is 4.79 Å². The number of aromatic nitrogens is 3. The Labute approximate surface area is 178 Å². The lowest BCUT2D eigenvalue weighted by Crippen LogP contribution is -2.16. The van der Waals surface area contributed by atoms with Gasteiger partial charge in [0.1, 0.15) is 0 Å². The number of hydrogen-bond acceptors (Lipinski definition) is 4. The second-order valence-corrected chi connectivity index (χ2v) is 8.43. The van der Waals surface area contributed by atoms with Crippen LogP contribution in [-0.2, 0) is 11.3 Å². The average Bonchev–Trinajstić information content (AvgIpc) is 3.07. The van der Waals surface area contributed by atoms with E-state index in [1.54, 1.807) is 0 Å². The highest BCUT2D eigenvalue weighted by atomic mass is 79.9. The molecule has 0 radical (unpaired) electrons. The van der Waals surface area contributed by atoms with E-state index in [4.69, 9.17) is 0 Å². The number of aryl methyl sites for hydroxylation is 2. The third-order valence-corrected chi connectivity index (χ3v) is 5.71. The number of hydrogen-bond donors (Lipinski definition) is 1. The number of benzene rings is 2. The van der Waals surface area contributed by atoms with E-state index in [0.717, 1.165) is 50.8 Å². The van der Waals surface area contributed by atoms with Crippen molar-refractivity contribution in [2.45, 2.75) is 38.9 Å². The highest BCUT2D eigenvalue weighted by Gasteiger charge is 2.16. The quantitative estimate of drug-likeness (QED) is 0.477. The normalized spacial score (nSPS) is 10.9. The van der Waals surface area contributed by atoms with Crippen molar-refractivity contribution in [1.29, 1.82) is 0 Å². The summed E-state index contributed by atoms with van der Waals surface area (Å²) in [5.41, 5.74) is 3.96. The van der Waals surface area contributed by atoms with Gasteiger partial charge in [0.2, 0.25) is 5.91 Å². The fourth-order valence-corrected chi connectivity index (χ4v) is 4.49. The van der Waals surface area contributed by atoms with Crippen LogP contribution >= 0.6 is 27.7 Å². The van der Waals surface area contributed by atoms with Gasteiger partial charge in [0.05, 0.1) is 5.75 Å². The summed E-state index contributed by atoms with van der Waals surface area (Å²) in [6.45, 7) is 6.91. The highest BCUT2D eigenvalue weighted by molar-refractivity contribution is 9.10. The molecule has 0 unspecified atom stereocenters. The van der Waals surface area contributed by atoms with Gasteiger partial charge in [0.25, 0.3) is 0 Å². The van der Waals surface area contributed by atoms with Gasteiger partial charge < -0.3 is 9.88 Å². The summed E-state index contributed by atoms with van der Waals surface area (Å²) in [6.07, 6.45) is 0.967. The lowest BCUT2D eigenvalue weighted by atomic mass is 10.1. The molecule has 0 atom stereocenters. The molecule has 2 aromatic carbocycles. The standard InChI is InChI=1S/C21H23BrN4OS/c1-4-10-26-20(16-8-6-5-7-9-16)24-25-21(26)28-13-18(27)23-19-14(2)11-17(22)12-15(19)3/h5-9,11-12H,4,10,13H2,1-3H3,(H,23,27). The lowest BCUT2D eigenvalue weighted by molar-refractivity contribution is -0.113. The summed E-state index contributed by atoms with van der Waals surface area (Å²) in [7, 11) is 0. The molecule has 1 aromatic heterocycles. The molecule has 3 aromatic rings. The maximum absolute atomic E-state index is 12.5. The lowest BCUT2D eigenvalue weighted by Gasteiger charge is -2.12. The third kappa shape index (κ3) is 4.83. The number of nitrogens with one attached hydrogen (secondary N) is 1. The van der Waals surface area contributed by atoms with E-state index in [1.165, 1.54) is 11.8 Å². The van der Waals surface area contributed by atoms with E-state index in [2.05, 4.69) is 42.9 Å². The molecule has 1 amide bonds. The Bertz CT molecular complexity index is 949. The van der Waals surface area contributed by atoms with Crippen LogP contribution in [0.4, 0.5) is 5.69 Å². The summed E-state index contributed by atoms with van der Waals surface area (Å²) in [5.74, 6) is 1.07. The van der Waals surface area contributed by atoms with E-state index in [-0.39, 0.29) is 11.7 Å². The molecule has 0 spiro atoms. The third-order valence-electron chi connectivity index (χ3n) is 4.29. The molecule has 5 nitrogen and oxygen atoms in total. The van der Waals surface area contributed by atoms with E-state index < -0.39 is 0 Å². The van der Waals surface area contributed by atoms with Crippen molar-refractivity contribution in [1.82, 2.24) is 14.8 Å². The van der Waals surface area contributed by atoms with Crippen LogP contribution in [-0.4, -0.2) is 26.4 Å². The maximum Gasteiger partial charge on any atom is 0.234 e. The van der Waals surface area contributed by atoms with Crippen molar-refractivity contribution >= 4 is 39.3 Å². The Morgan fingerprint density at radius 3 is 2.46 bits per heavy atom. The summed E-state index contributed by atoms with van der Waals surface area (Å²) in [5, 5.41) is 12.5. The average molecular weight is 459 g/mol. The predicted octanol–water partition coefficient (Wildman–Crippen LogP) is 5.47. The number of carbonyl (C=O) groups is 1. The van der Waals surface area contributed by atoms with E-state index in [0.29, 0.717) is 0 Å². The largest absolute Gasteiger partial charge is 0.325 e. The molecule has 0 aliphatic carbocycles. The zero-order valence-corrected chi connectivity index (χ0v) is 18.6. The molecule has 28 heavy (non-hydrogen) atoms. The molecule has 0 fully saturated rings. The summed E-state index contributed by atoms with van der Waals surface area (Å²) < 4.78 is 3.10. The van der Waals surface area contributed by atoms with Crippen molar-refractivity contribution in [2.24, 2.45) is 0 Å². The number of amides is 1. The summed E-state index contributed by atoms with van der Waals surface area (Å²) in [4.78, 5) is 12.5. The van der Waals surface area contributed by atoms with Gasteiger partial charge in [-0.2, -0.15) is 0 Å². The first-order valence-electron chi connectivity index (χ1n) is 9.17. The molecule has 7 heteroatoms. The van der Waals surface area contributed by atoms with Crippen molar-refractivity contribution in [2.75, 3.05) is 11.1 Å². The van der Waals surface area contributed by atoms with Gasteiger partial charge in [-0.1, -0.05) is 64.9 Å². The van der Waals surface area contributed by atoms with Crippen LogP contribution in [0.3, 0.4) is 0 Å². The molecule has 0 aliphatic heterocycles. The number of nitrogens with zero attached hydrogens (tertiary/aromatic N) is 3. The first-order chi connectivity index (χ1) is 13.5. The van der Waals surface area contributed by atoms with Crippen LogP contribution in [0.2, 0.25) is 0 Å². The van der Waals surface area contributed by atoms with Crippen LogP contribution in [0.5, 0.6) is 0 Å². The number of rotatable bonds is 7. The van der Waals surface area contributed by atoms with Crippen molar-refractivity contribution in [3.8, 4) is 11.4 Å². The molecule has 0 saturated heterocycles. The topological polar surface area (TPSA) is 59.8 Å². The molecule has 0 aliphatic rings.